The second-order valence-corrected chi connectivity index (χ2v) is 7.06. The van der Waals surface area contributed by atoms with Crippen LogP contribution in [0.4, 0.5) is 0 Å². The van der Waals surface area contributed by atoms with Crippen LogP contribution in [0.15, 0.2) is 35.5 Å². The molecule has 0 amide bonds. The number of imidazole rings is 1. The standard InChI is InChI=1S/C14H17N3O3S/c1-11-2-3-13(8-12(11)10-18)21(19,20)17-7-6-16-5-4-15-14(16)9-17/h2-5,8,18H,6-7,9-10H2,1H3. The van der Waals surface area contributed by atoms with Gasteiger partial charge in [-0.3, -0.25) is 0 Å². The molecule has 0 unspecified atom stereocenters. The predicted octanol–water partition coefficient (Wildman–Crippen LogP) is 0.888. The van der Waals surface area contributed by atoms with Crippen LogP contribution in [0.3, 0.4) is 0 Å². The molecule has 0 atom stereocenters. The second-order valence-electron chi connectivity index (χ2n) is 5.12. The Morgan fingerprint density at radius 1 is 1.33 bits per heavy atom. The molecule has 3 rings (SSSR count). The lowest BCUT2D eigenvalue weighted by Crippen LogP contribution is -2.38. The number of hydrogen-bond donors (Lipinski definition) is 1. The van der Waals surface area contributed by atoms with E-state index in [0.717, 1.165) is 11.4 Å². The molecule has 0 spiro atoms. The number of aromatic nitrogens is 2. The second kappa shape index (κ2) is 5.25. The number of nitrogens with zero attached hydrogens (tertiary/aromatic N) is 3. The third-order valence-corrected chi connectivity index (χ3v) is 5.68. The first-order valence-electron chi connectivity index (χ1n) is 6.73. The maximum atomic E-state index is 12.7. The number of aryl methyl sites for hydroxylation is 1. The number of sulfonamides is 1. The van der Waals surface area contributed by atoms with Gasteiger partial charge in [0, 0.05) is 25.5 Å². The van der Waals surface area contributed by atoms with E-state index in [-0.39, 0.29) is 18.0 Å². The van der Waals surface area contributed by atoms with Gasteiger partial charge in [-0.2, -0.15) is 4.31 Å². The fourth-order valence-electron chi connectivity index (χ4n) is 2.48. The topological polar surface area (TPSA) is 75.4 Å². The number of rotatable bonds is 3. The first-order valence-corrected chi connectivity index (χ1v) is 8.17. The average molecular weight is 307 g/mol. The van der Waals surface area contributed by atoms with Gasteiger partial charge < -0.3 is 9.67 Å². The van der Waals surface area contributed by atoms with Crippen LogP contribution in [0.5, 0.6) is 0 Å². The Labute approximate surface area is 123 Å². The van der Waals surface area contributed by atoms with Crippen LogP contribution < -0.4 is 0 Å². The molecule has 112 valence electrons. The van der Waals surface area contributed by atoms with Crippen LogP contribution in [0.1, 0.15) is 17.0 Å². The molecule has 1 aliphatic rings. The van der Waals surface area contributed by atoms with Crippen LogP contribution >= 0.6 is 0 Å². The Balaban J connectivity index is 1.94. The van der Waals surface area contributed by atoms with E-state index in [1.54, 1.807) is 24.4 Å². The van der Waals surface area contributed by atoms with E-state index in [4.69, 9.17) is 0 Å². The monoisotopic (exact) mass is 307 g/mol. The number of fused-ring (bicyclic) bond motifs is 1. The fraction of sp³-hybridized carbons (Fsp3) is 0.357. The molecule has 0 fully saturated rings. The molecular formula is C14H17N3O3S. The molecule has 1 aromatic carbocycles. The van der Waals surface area contributed by atoms with E-state index in [0.29, 0.717) is 18.7 Å². The van der Waals surface area contributed by atoms with Gasteiger partial charge >= 0.3 is 0 Å². The van der Waals surface area contributed by atoms with Crippen molar-refractivity contribution >= 4 is 10.0 Å². The minimum Gasteiger partial charge on any atom is -0.392 e. The van der Waals surface area contributed by atoms with E-state index >= 15 is 0 Å². The molecule has 21 heavy (non-hydrogen) atoms. The zero-order valence-corrected chi connectivity index (χ0v) is 12.5. The van der Waals surface area contributed by atoms with Gasteiger partial charge in [-0.05, 0) is 30.2 Å². The lowest BCUT2D eigenvalue weighted by molar-refractivity contribution is 0.280. The summed E-state index contributed by atoms with van der Waals surface area (Å²) in [6.45, 7) is 2.98. The zero-order valence-electron chi connectivity index (χ0n) is 11.7. The zero-order chi connectivity index (χ0) is 15.0. The fourth-order valence-corrected chi connectivity index (χ4v) is 3.92. The summed E-state index contributed by atoms with van der Waals surface area (Å²) in [4.78, 5) is 4.40. The largest absolute Gasteiger partial charge is 0.392 e. The normalized spacial score (nSPS) is 15.9. The van der Waals surface area contributed by atoms with Crippen molar-refractivity contribution in [1.82, 2.24) is 13.9 Å². The number of hydrogen-bond acceptors (Lipinski definition) is 4. The van der Waals surface area contributed by atoms with E-state index in [2.05, 4.69) is 4.98 Å². The predicted molar refractivity (Wildman–Crippen MR) is 76.9 cm³/mol. The molecule has 2 heterocycles. The van der Waals surface area contributed by atoms with Crippen molar-refractivity contribution in [3.8, 4) is 0 Å². The highest BCUT2D eigenvalue weighted by Crippen LogP contribution is 2.23. The smallest absolute Gasteiger partial charge is 0.243 e. The van der Waals surface area contributed by atoms with Gasteiger partial charge in [0.15, 0.2) is 0 Å². The molecule has 0 aliphatic carbocycles. The molecule has 2 aromatic rings. The third kappa shape index (κ3) is 2.48. The first-order chi connectivity index (χ1) is 10.0. The number of aliphatic hydroxyl groups is 1. The van der Waals surface area contributed by atoms with E-state index in [1.807, 2.05) is 17.7 Å². The van der Waals surface area contributed by atoms with Gasteiger partial charge in [-0.15, -0.1) is 0 Å². The Morgan fingerprint density at radius 2 is 2.14 bits per heavy atom. The number of aliphatic hydroxyl groups excluding tert-OH is 1. The van der Waals surface area contributed by atoms with Gasteiger partial charge in [-0.1, -0.05) is 6.07 Å². The lowest BCUT2D eigenvalue weighted by Gasteiger charge is -2.27. The van der Waals surface area contributed by atoms with Crippen LogP contribution in [0.2, 0.25) is 0 Å². The van der Waals surface area contributed by atoms with Crippen molar-refractivity contribution in [1.29, 1.82) is 0 Å². The van der Waals surface area contributed by atoms with Gasteiger partial charge in [-0.25, -0.2) is 13.4 Å². The van der Waals surface area contributed by atoms with E-state index in [9.17, 15) is 13.5 Å². The summed E-state index contributed by atoms with van der Waals surface area (Å²) in [7, 11) is -3.56. The third-order valence-electron chi connectivity index (χ3n) is 3.84. The summed E-state index contributed by atoms with van der Waals surface area (Å²) in [5.41, 5.74) is 1.51. The van der Waals surface area contributed by atoms with Crippen LogP contribution in [-0.4, -0.2) is 33.9 Å². The van der Waals surface area contributed by atoms with Gasteiger partial charge in [0.05, 0.1) is 18.0 Å². The Hall–Kier alpha value is -1.70. The van der Waals surface area contributed by atoms with Gasteiger partial charge in [0.1, 0.15) is 5.82 Å². The highest BCUT2D eigenvalue weighted by molar-refractivity contribution is 7.89. The minimum atomic E-state index is -3.56. The molecule has 7 heteroatoms. The summed E-state index contributed by atoms with van der Waals surface area (Å²) in [5.74, 6) is 0.749. The van der Waals surface area contributed by atoms with Crippen molar-refractivity contribution in [3.05, 3.63) is 47.5 Å². The van der Waals surface area contributed by atoms with Crippen molar-refractivity contribution in [2.24, 2.45) is 0 Å². The molecule has 0 bridgehead atoms. The summed E-state index contributed by atoms with van der Waals surface area (Å²) in [6.07, 6.45) is 3.54. The molecule has 6 nitrogen and oxygen atoms in total. The Kier molecular flexibility index (Phi) is 3.56. The molecule has 1 aliphatic heterocycles. The molecule has 0 saturated heterocycles. The van der Waals surface area contributed by atoms with Crippen LogP contribution in [-0.2, 0) is 29.7 Å². The van der Waals surface area contributed by atoms with Gasteiger partial charge in [0.25, 0.3) is 0 Å². The SMILES string of the molecule is Cc1ccc(S(=O)(=O)N2CCn3ccnc3C2)cc1CO. The maximum absolute atomic E-state index is 12.7. The average Bonchev–Trinajstić information content (AvgIpc) is 2.94. The lowest BCUT2D eigenvalue weighted by atomic mass is 10.1. The summed E-state index contributed by atoms with van der Waals surface area (Å²) >= 11 is 0. The van der Waals surface area contributed by atoms with Crippen molar-refractivity contribution < 1.29 is 13.5 Å². The summed E-state index contributed by atoms with van der Waals surface area (Å²) in [5, 5.41) is 9.30. The molecule has 1 aromatic heterocycles. The van der Waals surface area contributed by atoms with Crippen LogP contribution in [0.25, 0.3) is 0 Å². The Bertz CT molecular complexity index is 768. The highest BCUT2D eigenvalue weighted by atomic mass is 32.2. The highest BCUT2D eigenvalue weighted by Gasteiger charge is 2.29. The first kappa shape index (κ1) is 14.2. The summed E-state index contributed by atoms with van der Waals surface area (Å²) in [6, 6.07) is 4.86. The molecule has 1 N–H and O–H groups in total. The number of benzene rings is 1. The van der Waals surface area contributed by atoms with Crippen molar-refractivity contribution in [2.45, 2.75) is 31.5 Å². The molecular weight excluding hydrogens is 290 g/mol. The maximum Gasteiger partial charge on any atom is 0.243 e. The van der Waals surface area contributed by atoms with Crippen molar-refractivity contribution in [3.63, 3.8) is 0 Å². The Morgan fingerprint density at radius 3 is 2.90 bits per heavy atom. The molecule has 0 radical (unpaired) electrons. The minimum absolute atomic E-state index is 0.167. The quantitative estimate of drug-likeness (QED) is 0.913. The van der Waals surface area contributed by atoms with Crippen LogP contribution in [0, 0.1) is 6.92 Å². The summed E-state index contributed by atoms with van der Waals surface area (Å²) < 4.78 is 28.8. The van der Waals surface area contributed by atoms with Gasteiger partial charge in [0.2, 0.25) is 10.0 Å². The van der Waals surface area contributed by atoms with E-state index in [1.165, 1.54) is 4.31 Å². The molecule has 0 saturated carbocycles. The van der Waals surface area contributed by atoms with E-state index < -0.39 is 10.0 Å². The van der Waals surface area contributed by atoms with Crippen molar-refractivity contribution in [2.75, 3.05) is 6.54 Å².